The normalized spacial score (nSPS) is 10.6. The maximum absolute atomic E-state index is 13.4. The number of hydrogen-bond donors (Lipinski definition) is 1. The van der Waals surface area contributed by atoms with Gasteiger partial charge in [0.05, 0.1) is 11.1 Å². The average Bonchev–Trinajstić information content (AvgIpc) is 2.50. The first kappa shape index (κ1) is 15.7. The van der Waals surface area contributed by atoms with E-state index in [1.54, 1.807) is 0 Å². The minimum absolute atomic E-state index is 0.149. The van der Waals surface area contributed by atoms with Crippen molar-refractivity contribution in [3.63, 3.8) is 0 Å². The van der Waals surface area contributed by atoms with Crippen LogP contribution in [-0.2, 0) is 11.3 Å². The van der Waals surface area contributed by atoms with Gasteiger partial charge in [-0.05, 0) is 18.2 Å². The summed E-state index contributed by atoms with van der Waals surface area (Å²) < 4.78 is 70.0. The van der Waals surface area contributed by atoms with Crippen LogP contribution in [0.5, 0.6) is 5.75 Å². The molecule has 8 heteroatoms. The van der Waals surface area contributed by atoms with Crippen LogP contribution in [0.4, 0.5) is 22.0 Å². The van der Waals surface area contributed by atoms with Crippen molar-refractivity contribution in [3.8, 4) is 5.75 Å². The summed E-state index contributed by atoms with van der Waals surface area (Å²) >= 11 is 0. The van der Waals surface area contributed by atoms with Crippen LogP contribution in [0.1, 0.15) is 15.9 Å². The van der Waals surface area contributed by atoms with Gasteiger partial charge in [0, 0.05) is 0 Å². The molecule has 0 aromatic heterocycles. The van der Waals surface area contributed by atoms with Crippen LogP contribution in [0.25, 0.3) is 0 Å². The highest BCUT2D eigenvalue weighted by molar-refractivity contribution is 5.89. The van der Waals surface area contributed by atoms with Crippen molar-refractivity contribution in [2.75, 3.05) is 0 Å². The number of halogens is 5. The molecule has 0 spiro atoms. The van der Waals surface area contributed by atoms with Crippen molar-refractivity contribution in [1.29, 1.82) is 0 Å². The number of aromatic hydroxyl groups is 1. The zero-order chi connectivity index (χ0) is 16.4. The summed E-state index contributed by atoms with van der Waals surface area (Å²) in [6, 6.07) is 4.83. The van der Waals surface area contributed by atoms with Crippen LogP contribution < -0.4 is 0 Å². The van der Waals surface area contributed by atoms with Crippen LogP contribution in [0.2, 0.25) is 0 Å². The van der Waals surface area contributed by atoms with Gasteiger partial charge in [-0.25, -0.2) is 26.7 Å². The highest BCUT2D eigenvalue weighted by Crippen LogP contribution is 2.24. The van der Waals surface area contributed by atoms with Crippen LogP contribution in [-0.4, -0.2) is 11.1 Å². The first-order valence-corrected chi connectivity index (χ1v) is 5.79. The molecule has 0 fully saturated rings. The number of carbonyl (C=O) groups excluding carboxylic acids is 1. The van der Waals surface area contributed by atoms with Gasteiger partial charge < -0.3 is 9.84 Å². The number of hydrogen-bond acceptors (Lipinski definition) is 3. The lowest BCUT2D eigenvalue weighted by atomic mass is 10.1. The van der Waals surface area contributed by atoms with Crippen LogP contribution in [0.15, 0.2) is 24.3 Å². The molecule has 2 aromatic carbocycles. The Balaban J connectivity index is 2.24. The number of ether oxygens (including phenoxy) is 1. The van der Waals surface area contributed by atoms with Gasteiger partial charge in [0.2, 0.25) is 5.82 Å². The predicted octanol–water partition coefficient (Wildman–Crippen LogP) is 3.44. The largest absolute Gasteiger partial charge is 0.508 e. The van der Waals surface area contributed by atoms with Crippen molar-refractivity contribution < 1.29 is 36.6 Å². The molecule has 1 N–H and O–H groups in total. The molecule has 0 saturated carbocycles. The van der Waals surface area contributed by atoms with Gasteiger partial charge in [-0.15, -0.1) is 0 Å². The van der Waals surface area contributed by atoms with Crippen molar-refractivity contribution in [2.45, 2.75) is 6.61 Å². The van der Waals surface area contributed by atoms with E-state index in [9.17, 15) is 31.9 Å². The van der Waals surface area contributed by atoms with Gasteiger partial charge in [0.25, 0.3) is 0 Å². The molecule has 0 aliphatic rings. The smallest absolute Gasteiger partial charge is 0.338 e. The third kappa shape index (κ3) is 2.85. The molecular weight excluding hydrogens is 311 g/mol. The van der Waals surface area contributed by atoms with Gasteiger partial charge in [0.15, 0.2) is 23.3 Å². The van der Waals surface area contributed by atoms with Gasteiger partial charge >= 0.3 is 5.97 Å². The van der Waals surface area contributed by atoms with E-state index in [0.717, 1.165) is 6.07 Å². The fraction of sp³-hybridized carbons (Fsp3) is 0.0714. The Morgan fingerprint density at radius 1 is 0.955 bits per heavy atom. The minimum atomic E-state index is -2.29. The molecule has 0 atom stereocenters. The highest BCUT2D eigenvalue weighted by Gasteiger charge is 2.26. The van der Waals surface area contributed by atoms with E-state index in [1.165, 1.54) is 18.2 Å². The number of benzene rings is 2. The van der Waals surface area contributed by atoms with E-state index in [4.69, 9.17) is 0 Å². The number of phenolic OH excluding ortho intramolecular Hbond substituents is 1. The molecule has 2 aromatic rings. The molecule has 0 bridgehead atoms. The molecule has 2 rings (SSSR count). The lowest BCUT2D eigenvalue weighted by Crippen LogP contribution is -2.11. The molecular formula is C14H7F5O3. The SMILES string of the molecule is O=C(OCc1c(F)c(F)c(F)c(F)c1F)c1cccc(O)c1. The first-order chi connectivity index (χ1) is 10.3. The summed E-state index contributed by atoms with van der Waals surface area (Å²) in [6.45, 7) is -1.15. The zero-order valence-electron chi connectivity index (χ0n) is 10.7. The zero-order valence-corrected chi connectivity index (χ0v) is 10.7. The van der Waals surface area contributed by atoms with Gasteiger partial charge in [-0.3, -0.25) is 0 Å². The third-order valence-corrected chi connectivity index (χ3v) is 2.73. The molecule has 116 valence electrons. The summed E-state index contributed by atoms with van der Waals surface area (Å²) in [4.78, 5) is 11.6. The van der Waals surface area contributed by atoms with E-state index in [1.807, 2.05) is 0 Å². The molecule has 3 nitrogen and oxygen atoms in total. The first-order valence-electron chi connectivity index (χ1n) is 5.79. The molecule has 0 heterocycles. The molecule has 0 aliphatic heterocycles. The topological polar surface area (TPSA) is 46.5 Å². The van der Waals surface area contributed by atoms with Crippen molar-refractivity contribution in [3.05, 3.63) is 64.5 Å². The highest BCUT2D eigenvalue weighted by atomic mass is 19.2. The molecule has 0 aliphatic carbocycles. The summed E-state index contributed by atoms with van der Waals surface area (Å²) in [6.07, 6.45) is 0. The number of carbonyl (C=O) groups is 1. The van der Waals surface area contributed by atoms with E-state index in [2.05, 4.69) is 4.74 Å². The number of phenols is 1. The monoisotopic (exact) mass is 318 g/mol. The van der Waals surface area contributed by atoms with E-state index >= 15 is 0 Å². The standard InChI is InChI=1S/C14H7F5O3/c15-9-8(10(16)12(18)13(19)11(9)17)5-22-14(21)6-2-1-3-7(20)4-6/h1-4,20H,5H2. The second-order valence-electron chi connectivity index (χ2n) is 4.17. The van der Waals surface area contributed by atoms with E-state index in [0.29, 0.717) is 0 Å². The van der Waals surface area contributed by atoms with Crippen LogP contribution in [0, 0.1) is 29.1 Å². The molecule has 0 unspecified atom stereocenters. The summed E-state index contributed by atoms with van der Waals surface area (Å²) in [7, 11) is 0. The maximum atomic E-state index is 13.4. The Labute approximate surface area is 120 Å². The maximum Gasteiger partial charge on any atom is 0.338 e. The minimum Gasteiger partial charge on any atom is -0.508 e. The Bertz CT molecular complexity index is 716. The number of rotatable bonds is 3. The second kappa shape index (κ2) is 6.00. The predicted molar refractivity (Wildman–Crippen MR) is 63.5 cm³/mol. The molecule has 0 saturated heterocycles. The Kier molecular flexibility index (Phi) is 4.30. The van der Waals surface area contributed by atoms with Crippen LogP contribution >= 0.6 is 0 Å². The second-order valence-corrected chi connectivity index (χ2v) is 4.17. The van der Waals surface area contributed by atoms with Gasteiger partial charge in [0.1, 0.15) is 12.4 Å². The Morgan fingerprint density at radius 2 is 1.50 bits per heavy atom. The van der Waals surface area contributed by atoms with Crippen molar-refractivity contribution in [2.24, 2.45) is 0 Å². The van der Waals surface area contributed by atoms with Crippen molar-refractivity contribution >= 4 is 5.97 Å². The number of esters is 1. The van der Waals surface area contributed by atoms with E-state index < -0.39 is 47.2 Å². The molecule has 0 radical (unpaired) electrons. The Morgan fingerprint density at radius 3 is 2.05 bits per heavy atom. The van der Waals surface area contributed by atoms with Crippen LogP contribution in [0.3, 0.4) is 0 Å². The lowest BCUT2D eigenvalue weighted by molar-refractivity contribution is 0.0461. The Hall–Kier alpha value is -2.64. The molecule has 22 heavy (non-hydrogen) atoms. The summed E-state index contributed by atoms with van der Waals surface area (Å²) in [5.41, 5.74) is -1.41. The summed E-state index contributed by atoms with van der Waals surface area (Å²) in [5.74, 6) is -12.0. The van der Waals surface area contributed by atoms with E-state index in [-0.39, 0.29) is 11.3 Å². The third-order valence-electron chi connectivity index (χ3n) is 2.73. The summed E-state index contributed by atoms with van der Waals surface area (Å²) in [5, 5.41) is 9.17. The quantitative estimate of drug-likeness (QED) is 0.408. The average molecular weight is 318 g/mol. The fourth-order valence-corrected chi connectivity index (χ4v) is 1.63. The lowest BCUT2D eigenvalue weighted by Gasteiger charge is -2.09. The molecule has 0 amide bonds. The fourth-order valence-electron chi connectivity index (χ4n) is 1.63. The van der Waals surface area contributed by atoms with Crippen molar-refractivity contribution in [1.82, 2.24) is 0 Å². The van der Waals surface area contributed by atoms with Gasteiger partial charge in [-0.1, -0.05) is 6.07 Å². The van der Waals surface area contributed by atoms with Gasteiger partial charge in [-0.2, -0.15) is 0 Å².